The maximum Gasteiger partial charge on any atom is 0.256 e. The fraction of sp³-hybridized carbons (Fsp3) is 0.429. The molecule has 5 rings (SSSR count). The van der Waals surface area contributed by atoms with Gasteiger partial charge in [-0.25, -0.2) is 0 Å². The van der Waals surface area contributed by atoms with Crippen LogP contribution in [0.2, 0.25) is 0 Å². The highest BCUT2D eigenvalue weighted by molar-refractivity contribution is 6.10. The standard InChI is InChI=1S/C21H23N5O2/c1-13-18(19-15(22-13)5-4-6-16(19)27)21(28)25-11-8-14(9-12-25)20-24-23-17-7-2-3-10-26(17)20/h2-3,7,10,14,22H,4-6,8-9,11-12H2,1H3. The number of likely N-dealkylation sites (tertiary alicyclic amines) is 1. The first-order valence-corrected chi connectivity index (χ1v) is 9.97. The Hall–Kier alpha value is -2.96. The van der Waals surface area contributed by atoms with Gasteiger partial charge in [-0.05, 0) is 44.7 Å². The number of ketones is 1. The van der Waals surface area contributed by atoms with Crippen LogP contribution in [0.4, 0.5) is 0 Å². The number of rotatable bonds is 2. The van der Waals surface area contributed by atoms with E-state index in [0.717, 1.165) is 48.5 Å². The van der Waals surface area contributed by atoms with E-state index in [-0.39, 0.29) is 17.6 Å². The van der Waals surface area contributed by atoms with Crippen molar-refractivity contribution in [3.05, 3.63) is 52.7 Å². The summed E-state index contributed by atoms with van der Waals surface area (Å²) in [5.74, 6) is 1.32. The molecule has 7 nitrogen and oxygen atoms in total. The van der Waals surface area contributed by atoms with Crippen LogP contribution in [-0.2, 0) is 6.42 Å². The van der Waals surface area contributed by atoms with Crippen LogP contribution in [-0.4, -0.2) is 49.3 Å². The summed E-state index contributed by atoms with van der Waals surface area (Å²) in [6.07, 6.45) is 5.92. The van der Waals surface area contributed by atoms with Crippen molar-refractivity contribution >= 4 is 17.3 Å². The van der Waals surface area contributed by atoms with Crippen LogP contribution in [0.1, 0.15) is 69.5 Å². The number of aromatic amines is 1. The number of nitrogens with zero attached hydrogens (tertiary/aromatic N) is 4. The molecule has 0 bridgehead atoms. The highest BCUT2D eigenvalue weighted by Crippen LogP contribution is 2.31. The Bertz CT molecular complexity index is 1070. The van der Waals surface area contributed by atoms with Crippen LogP contribution in [0.25, 0.3) is 5.65 Å². The number of nitrogens with one attached hydrogen (secondary N) is 1. The predicted octanol–water partition coefficient (Wildman–Crippen LogP) is 2.90. The van der Waals surface area contributed by atoms with Gasteiger partial charge >= 0.3 is 0 Å². The molecule has 0 spiro atoms. The molecule has 1 fully saturated rings. The molecule has 2 aliphatic rings. The van der Waals surface area contributed by atoms with Crippen molar-refractivity contribution in [3.8, 4) is 0 Å². The number of amides is 1. The number of carbonyl (C=O) groups is 2. The lowest BCUT2D eigenvalue weighted by Crippen LogP contribution is -2.39. The molecule has 1 N–H and O–H groups in total. The summed E-state index contributed by atoms with van der Waals surface area (Å²) < 4.78 is 2.04. The molecule has 1 saturated heterocycles. The molecule has 3 aromatic rings. The number of fused-ring (bicyclic) bond motifs is 2. The second kappa shape index (κ2) is 6.58. The Morgan fingerprint density at radius 3 is 2.82 bits per heavy atom. The Labute approximate surface area is 162 Å². The highest BCUT2D eigenvalue weighted by atomic mass is 16.2. The third-order valence-corrected chi connectivity index (χ3v) is 6.08. The maximum atomic E-state index is 13.2. The summed E-state index contributed by atoms with van der Waals surface area (Å²) in [5.41, 5.74) is 3.83. The topological polar surface area (TPSA) is 83.4 Å². The zero-order valence-corrected chi connectivity index (χ0v) is 15.9. The number of carbonyl (C=O) groups excluding carboxylic acids is 2. The number of hydrogen-bond acceptors (Lipinski definition) is 4. The first-order valence-electron chi connectivity index (χ1n) is 9.97. The fourth-order valence-corrected chi connectivity index (χ4v) is 4.64. The minimum Gasteiger partial charge on any atom is -0.361 e. The number of aryl methyl sites for hydroxylation is 2. The number of Topliss-reactive ketones (excluding diaryl/α,β-unsaturated/α-hetero) is 1. The van der Waals surface area contributed by atoms with Crippen LogP contribution in [0.5, 0.6) is 0 Å². The number of aromatic nitrogens is 4. The second-order valence-electron chi connectivity index (χ2n) is 7.81. The first-order chi connectivity index (χ1) is 13.6. The highest BCUT2D eigenvalue weighted by Gasteiger charge is 2.33. The SMILES string of the molecule is Cc1[nH]c2c(c1C(=O)N1CCC(c3nnc4ccccn34)CC1)C(=O)CCC2. The second-order valence-corrected chi connectivity index (χ2v) is 7.81. The van der Waals surface area contributed by atoms with Crippen LogP contribution in [0.15, 0.2) is 24.4 Å². The van der Waals surface area contributed by atoms with Gasteiger partial charge in [-0.15, -0.1) is 10.2 Å². The van der Waals surface area contributed by atoms with E-state index in [2.05, 4.69) is 15.2 Å². The fourth-order valence-electron chi connectivity index (χ4n) is 4.64. The van der Waals surface area contributed by atoms with Crippen molar-refractivity contribution < 1.29 is 9.59 Å². The molecule has 1 amide bonds. The average molecular weight is 377 g/mol. The van der Waals surface area contributed by atoms with E-state index in [4.69, 9.17) is 0 Å². The molecule has 144 valence electrons. The Balaban J connectivity index is 1.36. The van der Waals surface area contributed by atoms with Gasteiger partial charge in [0.2, 0.25) is 0 Å². The Morgan fingerprint density at radius 2 is 2.00 bits per heavy atom. The maximum absolute atomic E-state index is 13.2. The molecule has 0 atom stereocenters. The third kappa shape index (κ3) is 2.65. The summed E-state index contributed by atoms with van der Waals surface area (Å²) in [7, 11) is 0. The van der Waals surface area contributed by atoms with Crippen LogP contribution >= 0.6 is 0 Å². The van der Waals surface area contributed by atoms with E-state index in [1.54, 1.807) is 0 Å². The molecule has 28 heavy (non-hydrogen) atoms. The summed E-state index contributed by atoms with van der Waals surface area (Å²) in [6.45, 7) is 3.23. The normalized spacial score (nSPS) is 17.9. The van der Waals surface area contributed by atoms with Gasteiger partial charge in [0.15, 0.2) is 11.4 Å². The van der Waals surface area contributed by atoms with Crippen LogP contribution in [0, 0.1) is 6.92 Å². The lowest BCUT2D eigenvalue weighted by molar-refractivity contribution is 0.0705. The Morgan fingerprint density at radius 1 is 1.18 bits per heavy atom. The number of piperidine rings is 1. The number of hydrogen-bond donors (Lipinski definition) is 1. The van der Waals surface area contributed by atoms with E-state index in [9.17, 15) is 9.59 Å². The van der Waals surface area contributed by atoms with Crippen molar-refractivity contribution in [3.63, 3.8) is 0 Å². The summed E-state index contributed by atoms with van der Waals surface area (Å²) in [5, 5.41) is 8.63. The van der Waals surface area contributed by atoms with Gasteiger partial charge in [0.1, 0.15) is 5.82 Å². The molecule has 1 aliphatic carbocycles. The molecule has 0 saturated carbocycles. The van der Waals surface area contributed by atoms with E-state index in [1.807, 2.05) is 40.6 Å². The first kappa shape index (κ1) is 17.2. The van der Waals surface area contributed by atoms with Crippen molar-refractivity contribution in [2.24, 2.45) is 0 Å². The Kier molecular flexibility index (Phi) is 4.03. The number of pyridine rings is 1. The van der Waals surface area contributed by atoms with Gasteiger partial charge < -0.3 is 9.88 Å². The lowest BCUT2D eigenvalue weighted by atomic mass is 9.91. The minimum absolute atomic E-state index is 0.0187. The molecular formula is C21H23N5O2. The van der Waals surface area contributed by atoms with Crippen LogP contribution < -0.4 is 0 Å². The minimum atomic E-state index is -0.0187. The van der Waals surface area contributed by atoms with Gasteiger partial charge in [-0.3, -0.25) is 14.0 Å². The predicted molar refractivity (Wildman–Crippen MR) is 104 cm³/mol. The van der Waals surface area contributed by atoms with E-state index >= 15 is 0 Å². The van der Waals surface area contributed by atoms with Crippen molar-refractivity contribution in [1.29, 1.82) is 0 Å². The van der Waals surface area contributed by atoms with Gasteiger partial charge in [0.25, 0.3) is 5.91 Å². The van der Waals surface area contributed by atoms with E-state index in [0.29, 0.717) is 30.6 Å². The quantitative estimate of drug-likeness (QED) is 0.744. The summed E-state index contributed by atoms with van der Waals surface area (Å²) in [6, 6.07) is 5.88. The molecule has 0 aromatic carbocycles. The molecule has 4 heterocycles. The molecule has 3 aromatic heterocycles. The lowest BCUT2D eigenvalue weighted by Gasteiger charge is -2.31. The van der Waals surface area contributed by atoms with Gasteiger partial charge in [-0.1, -0.05) is 6.07 Å². The summed E-state index contributed by atoms with van der Waals surface area (Å²) in [4.78, 5) is 30.8. The smallest absolute Gasteiger partial charge is 0.256 e. The van der Waals surface area contributed by atoms with Crippen molar-refractivity contribution in [2.45, 2.75) is 44.9 Å². The van der Waals surface area contributed by atoms with Crippen molar-refractivity contribution in [2.75, 3.05) is 13.1 Å². The number of H-pyrrole nitrogens is 1. The summed E-state index contributed by atoms with van der Waals surface area (Å²) >= 11 is 0. The molecule has 1 aliphatic heterocycles. The third-order valence-electron chi connectivity index (χ3n) is 6.08. The van der Waals surface area contributed by atoms with E-state index < -0.39 is 0 Å². The van der Waals surface area contributed by atoms with E-state index in [1.165, 1.54) is 0 Å². The molecule has 0 unspecified atom stereocenters. The zero-order valence-electron chi connectivity index (χ0n) is 15.9. The van der Waals surface area contributed by atoms with Gasteiger partial charge in [0.05, 0.1) is 11.1 Å². The molecule has 7 heteroatoms. The molecular weight excluding hydrogens is 354 g/mol. The van der Waals surface area contributed by atoms with Crippen molar-refractivity contribution in [1.82, 2.24) is 24.5 Å². The zero-order chi connectivity index (χ0) is 19.3. The van der Waals surface area contributed by atoms with Gasteiger partial charge in [0, 0.05) is 43.0 Å². The van der Waals surface area contributed by atoms with Gasteiger partial charge in [-0.2, -0.15) is 0 Å². The molecule has 0 radical (unpaired) electrons. The van der Waals surface area contributed by atoms with Crippen LogP contribution in [0.3, 0.4) is 0 Å². The monoisotopic (exact) mass is 377 g/mol. The largest absolute Gasteiger partial charge is 0.361 e. The average Bonchev–Trinajstić information content (AvgIpc) is 3.29.